The van der Waals surface area contributed by atoms with Gasteiger partial charge in [0.2, 0.25) is 0 Å². The Hall–Kier alpha value is -0.150. The Balaban J connectivity index is 2.65. The molecule has 0 aliphatic carbocycles. The number of ether oxygens (including phenoxy) is 2. The molecule has 0 heterocycles. The van der Waals surface area contributed by atoms with Gasteiger partial charge < -0.3 is 9.47 Å². The van der Waals surface area contributed by atoms with Crippen molar-refractivity contribution in [3.63, 3.8) is 0 Å². The van der Waals surface area contributed by atoms with Gasteiger partial charge in [0.25, 0.3) is 0 Å². The molecule has 2 nitrogen and oxygen atoms in total. The summed E-state index contributed by atoms with van der Waals surface area (Å²) in [5.74, 6) is 0. The standard InChI is InChI=1S/C7H15FO2/c1-2-4-9-6-7-10-5-3-8/h2-7H2,1H3. The molecule has 10 heavy (non-hydrogen) atoms. The minimum Gasteiger partial charge on any atom is -0.379 e. The van der Waals surface area contributed by atoms with Crippen LogP contribution in [0.5, 0.6) is 0 Å². The lowest BCUT2D eigenvalue weighted by Gasteiger charge is -2.01. The molecule has 0 atom stereocenters. The van der Waals surface area contributed by atoms with Crippen LogP contribution in [-0.2, 0) is 9.47 Å². The fourth-order valence-corrected chi connectivity index (χ4v) is 0.521. The topological polar surface area (TPSA) is 18.5 Å². The first-order valence-corrected chi connectivity index (χ1v) is 3.63. The number of rotatable bonds is 7. The van der Waals surface area contributed by atoms with E-state index in [1.54, 1.807) is 0 Å². The zero-order valence-electron chi connectivity index (χ0n) is 6.44. The lowest BCUT2D eigenvalue weighted by molar-refractivity contribution is 0.0431. The van der Waals surface area contributed by atoms with Crippen LogP contribution in [0.2, 0.25) is 0 Å². The molecule has 0 rings (SSSR count). The summed E-state index contributed by atoms with van der Waals surface area (Å²) in [5, 5.41) is 0. The molecule has 0 aliphatic rings. The van der Waals surface area contributed by atoms with Crippen molar-refractivity contribution in [3.8, 4) is 0 Å². The number of hydrogen-bond acceptors (Lipinski definition) is 2. The fourth-order valence-electron chi connectivity index (χ4n) is 0.521. The van der Waals surface area contributed by atoms with Crippen molar-refractivity contribution in [1.29, 1.82) is 0 Å². The van der Waals surface area contributed by atoms with Crippen molar-refractivity contribution < 1.29 is 13.9 Å². The summed E-state index contributed by atoms with van der Waals surface area (Å²) < 4.78 is 21.3. The van der Waals surface area contributed by atoms with Gasteiger partial charge in [-0.25, -0.2) is 4.39 Å². The first kappa shape index (κ1) is 9.85. The highest BCUT2D eigenvalue weighted by Gasteiger charge is 1.86. The van der Waals surface area contributed by atoms with Crippen molar-refractivity contribution in [2.75, 3.05) is 33.1 Å². The molecule has 0 aromatic rings. The maximum Gasteiger partial charge on any atom is 0.113 e. The Labute approximate surface area is 61.3 Å². The van der Waals surface area contributed by atoms with Crippen molar-refractivity contribution in [2.45, 2.75) is 13.3 Å². The van der Waals surface area contributed by atoms with E-state index in [0.717, 1.165) is 13.0 Å². The molecule has 0 fully saturated rings. The van der Waals surface area contributed by atoms with Crippen molar-refractivity contribution in [3.05, 3.63) is 0 Å². The molecule has 0 aromatic carbocycles. The van der Waals surface area contributed by atoms with Crippen LogP contribution >= 0.6 is 0 Å². The van der Waals surface area contributed by atoms with Crippen LogP contribution in [0.15, 0.2) is 0 Å². The maximum absolute atomic E-state index is 11.4. The Bertz CT molecular complexity index is 51.6. The van der Waals surface area contributed by atoms with Crippen molar-refractivity contribution in [2.24, 2.45) is 0 Å². The minimum absolute atomic E-state index is 0.190. The van der Waals surface area contributed by atoms with Gasteiger partial charge in [0.15, 0.2) is 0 Å². The maximum atomic E-state index is 11.4. The van der Waals surface area contributed by atoms with E-state index in [9.17, 15) is 4.39 Å². The molecule has 0 amide bonds. The second kappa shape index (κ2) is 8.85. The summed E-state index contributed by atoms with van der Waals surface area (Å²) in [6.07, 6.45) is 1.02. The Kier molecular flexibility index (Phi) is 8.72. The smallest absolute Gasteiger partial charge is 0.113 e. The SMILES string of the molecule is CCCOCCOCCF. The van der Waals surface area contributed by atoms with Crippen LogP contribution in [0.3, 0.4) is 0 Å². The molecular weight excluding hydrogens is 135 g/mol. The van der Waals surface area contributed by atoms with Gasteiger partial charge in [-0.2, -0.15) is 0 Å². The van der Waals surface area contributed by atoms with Gasteiger partial charge in [0, 0.05) is 6.61 Å². The summed E-state index contributed by atoms with van der Waals surface area (Å²) in [7, 11) is 0. The minimum atomic E-state index is -0.409. The van der Waals surface area contributed by atoms with Gasteiger partial charge in [0.05, 0.1) is 19.8 Å². The zero-order valence-corrected chi connectivity index (χ0v) is 6.44. The second-order valence-corrected chi connectivity index (χ2v) is 1.91. The molecule has 3 heteroatoms. The highest BCUT2D eigenvalue weighted by atomic mass is 19.1. The lowest BCUT2D eigenvalue weighted by Crippen LogP contribution is -2.06. The molecule has 0 aromatic heterocycles. The van der Waals surface area contributed by atoms with Gasteiger partial charge in [-0.3, -0.25) is 0 Å². The summed E-state index contributed by atoms with van der Waals surface area (Å²) in [6, 6.07) is 0. The Morgan fingerprint density at radius 2 is 1.60 bits per heavy atom. The van der Waals surface area contributed by atoms with Gasteiger partial charge >= 0.3 is 0 Å². The van der Waals surface area contributed by atoms with Crippen LogP contribution in [0.25, 0.3) is 0 Å². The highest BCUT2D eigenvalue weighted by molar-refractivity contribution is 4.30. The van der Waals surface area contributed by atoms with Gasteiger partial charge in [-0.15, -0.1) is 0 Å². The normalized spacial score (nSPS) is 10.2. The zero-order chi connectivity index (χ0) is 7.66. The summed E-state index contributed by atoms with van der Waals surface area (Å²) in [6.45, 7) is 3.67. The van der Waals surface area contributed by atoms with Crippen molar-refractivity contribution >= 4 is 0 Å². The first-order chi connectivity index (χ1) is 4.91. The number of hydrogen-bond donors (Lipinski definition) is 0. The van der Waals surface area contributed by atoms with E-state index in [2.05, 4.69) is 0 Å². The summed E-state index contributed by atoms with van der Waals surface area (Å²) in [4.78, 5) is 0. The first-order valence-electron chi connectivity index (χ1n) is 3.63. The third-order valence-corrected chi connectivity index (χ3v) is 0.942. The van der Waals surface area contributed by atoms with E-state index in [-0.39, 0.29) is 6.61 Å². The fraction of sp³-hybridized carbons (Fsp3) is 1.00. The molecule has 0 saturated heterocycles. The van der Waals surface area contributed by atoms with Crippen LogP contribution < -0.4 is 0 Å². The third-order valence-electron chi connectivity index (χ3n) is 0.942. The van der Waals surface area contributed by atoms with Crippen molar-refractivity contribution in [1.82, 2.24) is 0 Å². The Morgan fingerprint density at radius 1 is 1.00 bits per heavy atom. The van der Waals surface area contributed by atoms with E-state index in [1.807, 2.05) is 6.92 Å². The monoisotopic (exact) mass is 150 g/mol. The molecule has 0 aliphatic heterocycles. The molecular formula is C7H15FO2. The van der Waals surface area contributed by atoms with Crippen LogP contribution in [0.1, 0.15) is 13.3 Å². The van der Waals surface area contributed by atoms with E-state index < -0.39 is 6.67 Å². The molecule has 0 saturated carbocycles. The van der Waals surface area contributed by atoms with Crippen LogP contribution in [-0.4, -0.2) is 33.1 Å². The van der Waals surface area contributed by atoms with E-state index in [1.165, 1.54) is 0 Å². The average Bonchev–Trinajstić information content (AvgIpc) is 1.97. The quantitative estimate of drug-likeness (QED) is 0.511. The van der Waals surface area contributed by atoms with E-state index >= 15 is 0 Å². The van der Waals surface area contributed by atoms with Gasteiger partial charge in [-0.05, 0) is 6.42 Å². The molecule has 0 radical (unpaired) electrons. The number of halogens is 1. The molecule has 0 bridgehead atoms. The second-order valence-electron chi connectivity index (χ2n) is 1.91. The number of alkyl halides is 1. The Morgan fingerprint density at radius 3 is 2.10 bits per heavy atom. The van der Waals surface area contributed by atoms with Gasteiger partial charge in [-0.1, -0.05) is 6.92 Å². The summed E-state index contributed by atoms with van der Waals surface area (Å²) in [5.41, 5.74) is 0. The summed E-state index contributed by atoms with van der Waals surface area (Å²) >= 11 is 0. The molecule has 0 unspecified atom stereocenters. The average molecular weight is 150 g/mol. The predicted octanol–water partition coefficient (Wildman–Crippen LogP) is 1.40. The van der Waals surface area contributed by atoms with Crippen LogP contribution in [0.4, 0.5) is 4.39 Å². The van der Waals surface area contributed by atoms with Crippen LogP contribution in [0, 0.1) is 0 Å². The van der Waals surface area contributed by atoms with Gasteiger partial charge in [0.1, 0.15) is 6.67 Å². The van der Waals surface area contributed by atoms with E-state index in [0.29, 0.717) is 13.2 Å². The molecule has 0 N–H and O–H groups in total. The molecule has 62 valence electrons. The van der Waals surface area contributed by atoms with E-state index in [4.69, 9.17) is 9.47 Å². The third kappa shape index (κ3) is 7.85. The highest BCUT2D eigenvalue weighted by Crippen LogP contribution is 1.81. The lowest BCUT2D eigenvalue weighted by atomic mass is 10.5. The predicted molar refractivity (Wildman–Crippen MR) is 37.9 cm³/mol. The largest absolute Gasteiger partial charge is 0.379 e. The molecule has 0 spiro atoms.